The van der Waals surface area contributed by atoms with Gasteiger partial charge in [0.15, 0.2) is 0 Å². The molecule has 0 spiro atoms. The molecular formula is C115H136Cl7F3N9Ru3-3. The van der Waals surface area contributed by atoms with Gasteiger partial charge in [0.2, 0.25) is 0 Å². The Morgan fingerprint density at radius 2 is 0.518 bits per heavy atom. The third kappa shape index (κ3) is 31.1. The van der Waals surface area contributed by atoms with Crippen LogP contribution in [-0.2, 0) is 60.2 Å². The molecule has 3 heterocycles. The quantitative estimate of drug-likeness (QED) is 0.0512. The van der Waals surface area contributed by atoms with Gasteiger partial charge in [-0.15, -0.1) is 0 Å². The van der Waals surface area contributed by atoms with Crippen molar-refractivity contribution in [2.24, 2.45) is 0 Å². The van der Waals surface area contributed by atoms with Crippen molar-refractivity contribution < 1.29 is 53.7 Å². The first-order valence-corrected chi connectivity index (χ1v) is 63.2. The summed E-state index contributed by atoms with van der Waals surface area (Å²) in [6, 6.07) is 57.8. The topological polar surface area (TPSA) is 55.5 Å². The Morgan fingerprint density at radius 1 is 0.285 bits per heavy atom. The molecule has 12 aromatic rings. The summed E-state index contributed by atoms with van der Waals surface area (Å²) >= 11 is 0.221. The number of rotatable bonds is 20. The maximum atomic E-state index is 13.4. The van der Waals surface area contributed by atoms with E-state index in [0.717, 1.165) is 84.0 Å². The van der Waals surface area contributed by atoms with E-state index < -0.39 is 40.6 Å². The molecule has 3 N–H and O–H groups in total. The van der Waals surface area contributed by atoms with Gasteiger partial charge in [-0.2, -0.15) is 20.0 Å². The second-order valence-electron chi connectivity index (χ2n) is 37.4. The average Bonchev–Trinajstić information content (AvgIpc) is 1.65. The van der Waals surface area contributed by atoms with Crippen LogP contribution in [0, 0.1) is 190 Å². The van der Waals surface area contributed by atoms with Crippen molar-refractivity contribution in [3.05, 3.63) is 385 Å². The van der Waals surface area contributed by atoms with Gasteiger partial charge >= 0.3 is 450 Å². The summed E-state index contributed by atoms with van der Waals surface area (Å²) in [7, 11) is 35.7. The molecule has 0 aromatic heterocycles. The molecule has 0 amide bonds. The van der Waals surface area contributed by atoms with Gasteiger partial charge in [0.25, 0.3) is 0 Å². The zero-order valence-electron chi connectivity index (χ0n) is 84.2. The molecule has 0 bridgehead atoms. The van der Waals surface area contributed by atoms with Crippen LogP contribution >= 0.6 is 69.7 Å². The summed E-state index contributed by atoms with van der Waals surface area (Å²) in [5.74, 6) is 0.0423. The van der Waals surface area contributed by atoms with Crippen molar-refractivity contribution >= 4 is 135 Å². The van der Waals surface area contributed by atoms with Crippen LogP contribution in [0.5, 0.6) is 0 Å². The normalized spacial score (nSPS) is 13.1. The van der Waals surface area contributed by atoms with Gasteiger partial charge in [-0.25, -0.2) is 0 Å². The van der Waals surface area contributed by atoms with Gasteiger partial charge < -0.3 is 29.4 Å². The van der Waals surface area contributed by atoms with Crippen LogP contribution in [0.15, 0.2) is 176 Å². The molecule has 0 aliphatic carbocycles. The van der Waals surface area contributed by atoms with Gasteiger partial charge in [0, 0.05) is 73.4 Å². The number of benzene rings is 12. The molecule has 0 saturated carbocycles. The summed E-state index contributed by atoms with van der Waals surface area (Å²) < 4.78 is 45.2. The second-order valence-corrected chi connectivity index (χ2v) is 55.0. The SMILES string of the molecule is CC(C)c1cccc(C(C)C)c1NCc1ccc(Cl)cc1[CH]=[Ru]([Cl])[Cl].Cc1cc(C)c(N2[CH-]N(c3c(C)cc(C)cc3C)CC2)c(C)c1.Cc1cc(C)c(N2[CH-]N(c3c(C)cc(C)cc3C)CC2)c(C)c1.Cc1cc(C)c(N2[CH-]N(c3c(C)cc(C)cc3C)CC2)c(C)c1.Cc1cc(C)c(NCc2ccc(F)cc2[CH]=[Ru]([Cl])[Cl])c(C)c1.Cc1cc(F)ccc1NCc1ccc(F)cc1[CH]=[Ru]([Cl])[Cl]. The summed E-state index contributed by atoms with van der Waals surface area (Å²) in [6.07, 6.45) is 0. The van der Waals surface area contributed by atoms with Crippen LogP contribution in [0.2, 0.25) is 5.02 Å². The number of aryl methyl sites for hydroxylation is 22. The van der Waals surface area contributed by atoms with Gasteiger partial charge in [-0.05, 0) is 191 Å². The number of nitrogens with one attached hydrogen (secondary N) is 3. The van der Waals surface area contributed by atoms with E-state index in [9.17, 15) is 13.2 Å². The Kier molecular flexibility index (Phi) is 41.5. The van der Waals surface area contributed by atoms with E-state index in [2.05, 4.69) is 342 Å². The van der Waals surface area contributed by atoms with Gasteiger partial charge in [-0.3, -0.25) is 0 Å². The van der Waals surface area contributed by atoms with E-state index >= 15 is 0 Å². The molecule has 0 atom stereocenters. The minimum absolute atomic E-state index is 0.271. The van der Waals surface area contributed by atoms with Crippen molar-refractivity contribution in [2.45, 2.75) is 211 Å². The number of hydrogen-bond donors (Lipinski definition) is 3. The zero-order valence-corrected chi connectivity index (χ0v) is 94.8. The average molecular weight is 2250 g/mol. The molecule has 0 radical (unpaired) electrons. The van der Waals surface area contributed by atoms with Crippen molar-refractivity contribution in [1.29, 1.82) is 0 Å². The van der Waals surface area contributed by atoms with Gasteiger partial charge in [0.1, 0.15) is 0 Å². The Labute approximate surface area is 861 Å². The number of anilines is 9. The van der Waals surface area contributed by atoms with E-state index in [0.29, 0.717) is 42.1 Å². The number of halogens is 10. The van der Waals surface area contributed by atoms with Crippen molar-refractivity contribution in [1.82, 2.24) is 0 Å². The van der Waals surface area contributed by atoms with Crippen molar-refractivity contribution in [3.8, 4) is 0 Å². The fraction of sp³-hybridized carbons (Fsp3) is 0.322. The predicted octanol–water partition coefficient (Wildman–Crippen LogP) is 32.6. The van der Waals surface area contributed by atoms with Crippen LogP contribution in [0.1, 0.15) is 206 Å². The second kappa shape index (κ2) is 51.2. The van der Waals surface area contributed by atoms with Crippen LogP contribution in [0.25, 0.3) is 0 Å². The molecule has 3 saturated heterocycles. The monoisotopic (exact) mass is 2250 g/mol. The molecule has 22 heteroatoms. The van der Waals surface area contributed by atoms with Gasteiger partial charge in [-0.1, -0.05) is 106 Å². The van der Waals surface area contributed by atoms with Crippen LogP contribution in [0.3, 0.4) is 0 Å². The van der Waals surface area contributed by atoms with Crippen molar-refractivity contribution in [2.75, 3.05) is 84.6 Å². The Morgan fingerprint density at radius 3 is 0.781 bits per heavy atom. The molecule has 15 rings (SSSR count). The number of nitrogens with zero attached hydrogens (tertiary/aromatic N) is 6. The summed E-state index contributed by atoms with van der Waals surface area (Å²) in [5, 5.41) is 11.0. The number of hydrogen-bond acceptors (Lipinski definition) is 9. The first-order chi connectivity index (χ1) is 64.7. The van der Waals surface area contributed by atoms with E-state index in [1.165, 1.54) is 204 Å². The molecular weight excluding hydrogens is 2120 g/mol. The van der Waals surface area contributed by atoms with E-state index in [4.69, 9.17) is 69.7 Å². The molecule has 9 nitrogen and oxygen atoms in total. The molecule has 137 heavy (non-hydrogen) atoms. The Bertz CT molecular complexity index is 5710. The fourth-order valence-electron chi connectivity index (χ4n) is 19.6. The van der Waals surface area contributed by atoms with Crippen LogP contribution in [0.4, 0.5) is 64.4 Å². The minimum atomic E-state index is -2.03. The van der Waals surface area contributed by atoms with Crippen LogP contribution < -0.4 is 45.3 Å². The Balaban J connectivity index is 0.000000170. The number of para-hydroxylation sites is 1. The van der Waals surface area contributed by atoms with Gasteiger partial charge in [0.05, 0.1) is 0 Å². The predicted molar refractivity (Wildman–Crippen MR) is 584 cm³/mol. The zero-order chi connectivity index (χ0) is 100. The van der Waals surface area contributed by atoms with E-state index in [1.54, 1.807) is 27.4 Å². The standard InChI is InChI=1S/3C21H27N2.C20H24ClN.C17H18FN.C15H13F2N.6ClH.3Ru/c3*1-14-9-16(3)20(17(4)10-14)22-7-8-23(13-22)21-18(5)11-15(2)12-19(21)6;1-13(2)18-7-6-8-19(14(3)4)20(18)22-12-16-9-10-17(21)11-15(16)5;1-11-7-13(3)17(14(4)8-11)19-10-15-5-6-16(18)9-12(15)2;1-10-7-13(16)4-3-12(10)9-18-15-6-5-14(17)8-11(15)2;;;;;;;;;/h3*9-13H,7-8H2,1-6H3;5-11,13-14,22H,12H2,1-4H3;2,5-9,19H,10H2,1,3-4H3;1,3-8,18H,9H2,2H3;6*1H;;;/q3*-1;;;;;;;;;;3*+2/p-6. The third-order valence-electron chi connectivity index (χ3n) is 24.6. The molecule has 0 unspecified atom stereocenters. The summed E-state index contributed by atoms with van der Waals surface area (Å²) in [4.78, 5) is 14.4. The molecule has 12 aromatic carbocycles. The van der Waals surface area contributed by atoms with E-state index in [1.807, 2.05) is 29.7 Å². The summed E-state index contributed by atoms with van der Waals surface area (Å²) in [5.41, 5.74) is 48.4. The maximum absolute atomic E-state index is 13.4. The first kappa shape index (κ1) is 111. The molecule has 3 fully saturated rings. The molecule has 3 aliphatic heterocycles. The fourth-order valence-corrected chi connectivity index (χ4v) is 25.3. The van der Waals surface area contributed by atoms with E-state index in [-0.39, 0.29) is 17.5 Å². The summed E-state index contributed by atoms with van der Waals surface area (Å²) in [6.45, 7) is 71.5. The first-order valence-electron chi connectivity index (χ1n) is 46.4. The Hall–Kier alpha value is -7.86. The third-order valence-corrected chi connectivity index (χ3v) is 30.4. The van der Waals surface area contributed by atoms with Crippen LogP contribution in [-0.4, -0.2) is 53.1 Å². The van der Waals surface area contributed by atoms with Crippen molar-refractivity contribution in [3.63, 3.8) is 0 Å². The molecule has 3 aliphatic rings. The molecule has 738 valence electrons.